The minimum Gasteiger partial charge on any atom is -0.496 e. The lowest BCUT2D eigenvalue weighted by Gasteiger charge is -2.12. The highest BCUT2D eigenvalue weighted by atomic mass is 19.1. The van der Waals surface area contributed by atoms with Crippen LogP contribution in [0.15, 0.2) is 12.1 Å². The number of ether oxygens (including phenoxy) is 1. The van der Waals surface area contributed by atoms with E-state index in [9.17, 15) is 4.39 Å². The molecule has 0 atom stereocenters. The third-order valence-electron chi connectivity index (χ3n) is 2.13. The van der Waals surface area contributed by atoms with E-state index in [4.69, 9.17) is 4.74 Å². The van der Waals surface area contributed by atoms with Crippen molar-refractivity contribution in [1.82, 2.24) is 0 Å². The molecule has 0 saturated carbocycles. The number of halogens is 1. The van der Waals surface area contributed by atoms with Crippen molar-refractivity contribution in [2.75, 3.05) is 7.11 Å². The van der Waals surface area contributed by atoms with Crippen molar-refractivity contribution in [3.8, 4) is 5.75 Å². The quantitative estimate of drug-likeness (QED) is 0.710. The summed E-state index contributed by atoms with van der Waals surface area (Å²) in [5, 5.41) is 0. The lowest BCUT2D eigenvalue weighted by molar-refractivity contribution is 0.405. The van der Waals surface area contributed by atoms with Gasteiger partial charge in [0.1, 0.15) is 11.6 Å². The zero-order chi connectivity index (χ0) is 12.0. The largest absolute Gasteiger partial charge is 0.496 e. The first-order valence-electron chi connectivity index (χ1n) is 5.40. The first kappa shape index (κ1) is 13.9. The van der Waals surface area contributed by atoms with E-state index >= 15 is 0 Å². The molecule has 0 saturated heterocycles. The van der Waals surface area contributed by atoms with Gasteiger partial charge in [0.2, 0.25) is 0 Å². The molecule has 1 nitrogen and oxygen atoms in total. The standard InChI is InChI=1S/C11H15FO.C2H6/c1-7(2)9-6-10(12)8(3)5-11(9)13-4;1-2/h5-7H,1-4H3;1-2H3. The Morgan fingerprint density at radius 3 is 2.13 bits per heavy atom. The van der Waals surface area contributed by atoms with Crippen LogP contribution in [0, 0.1) is 12.7 Å². The predicted octanol–water partition coefficient (Wildman–Crippen LogP) is 4.29. The Labute approximate surface area is 92.3 Å². The average Bonchev–Trinajstić information content (AvgIpc) is 2.24. The fourth-order valence-corrected chi connectivity index (χ4v) is 1.30. The Morgan fingerprint density at radius 2 is 1.73 bits per heavy atom. The summed E-state index contributed by atoms with van der Waals surface area (Å²) in [6, 6.07) is 3.30. The molecule has 0 fully saturated rings. The number of hydrogen-bond acceptors (Lipinski definition) is 1. The van der Waals surface area contributed by atoms with Gasteiger partial charge in [-0.25, -0.2) is 4.39 Å². The Kier molecular flexibility index (Phi) is 5.99. The topological polar surface area (TPSA) is 9.23 Å². The molecule has 0 radical (unpaired) electrons. The van der Waals surface area contributed by atoms with Crippen molar-refractivity contribution in [2.45, 2.75) is 40.5 Å². The molecule has 0 aliphatic carbocycles. The van der Waals surface area contributed by atoms with Crippen LogP contribution in [0.5, 0.6) is 5.75 Å². The van der Waals surface area contributed by atoms with Crippen LogP contribution in [0.3, 0.4) is 0 Å². The molecule has 0 spiro atoms. The number of aryl methyl sites for hydroxylation is 1. The molecular formula is C13H21FO. The van der Waals surface area contributed by atoms with Crippen molar-refractivity contribution < 1.29 is 9.13 Å². The Morgan fingerprint density at radius 1 is 1.20 bits per heavy atom. The second-order valence-electron chi connectivity index (χ2n) is 3.50. The van der Waals surface area contributed by atoms with Gasteiger partial charge in [0.05, 0.1) is 7.11 Å². The normalized spacial score (nSPS) is 9.60. The summed E-state index contributed by atoms with van der Waals surface area (Å²) in [6.45, 7) is 9.78. The highest BCUT2D eigenvalue weighted by molar-refractivity contribution is 5.39. The van der Waals surface area contributed by atoms with Gasteiger partial charge in [-0.2, -0.15) is 0 Å². The van der Waals surface area contributed by atoms with Crippen LogP contribution >= 0.6 is 0 Å². The van der Waals surface area contributed by atoms with E-state index < -0.39 is 0 Å². The minimum absolute atomic E-state index is 0.163. The molecule has 0 N–H and O–H groups in total. The summed E-state index contributed by atoms with van der Waals surface area (Å²) in [6.07, 6.45) is 0. The van der Waals surface area contributed by atoms with Crippen molar-refractivity contribution >= 4 is 0 Å². The van der Waals surface area contributed by atoms with E-state index in [1.807, 2.05) is 27.7 Å². The van der Waals surface area contributed by atoms with E-state index in [1.165, 1.54) is 0 Å². The molecule has 0 aliphatic rings. The summed E-state index contributed by atoms with van der Waals surface area (Å²) in [5.41, 5.74) is 1.55. The zero-order valence-corrected chi connectivity index (χ0v) is 10.5. The van der Waals surface area contributed by atoms with Crippen LogP contribution < -0.4 is 4.74 Å². The maximum atomic E-state index is 13.2. The monoisotopic (exact) mass is 212 g/mol. The highest BCUT2D eigenvalue weighted by Crippen LogP contribution is 2.28. The molecule has 0 heterocycles. The van der Waals surface area contributed by atoms with Gasteiger partial charge in [0.25, 0.3) is 0 Å². The highest BCUT2D eigenvalue weighted by Gasteiger charge is 2.10. The number of rotatable bonds is 2. The minimum atomic E-state index is -0.163. The van der Waals surface area contributed by atoms with Crippen molar-refractivity contribution in [3.05, 3.63) is 29.1 Å². The van der Waals surface area contributed by atoms with Gasteiger partial charge in [-0.15, -0.1) is 0 Å². The van der Waals surface area contributed by atoms with Crippen molar-refractivity contribution in [1.29, 1.82) is 0 Å². The molecule has 1 rings (SSSR count). The number of benzene rings is 1. The predicted molar refractivity (Wildman–Crippen MR) is 63.1 cm³/mol. The van der Waals surface area contributed by atoms with Crippen LogP contribution in [0.4, 0.5) is 4.39 Å². The second kappa shape index (κ2) is 6.44. The lowest BCUT2D eigenvalue weighted by atomic mass is 10.0. The molecule has 0 aromatic heterocycles. The van der Waals surface area contributed by atoms with E-state index in [0.717, 1.165) is 11.3 Å². The average molecular weight is 212 g/mol. The van der Waals surface area contributed by atoms with Gasteiger partial charge in [0, 0.05) is 0 Å². The van der Waals surface area contributed by atoms with Gasteiger partial charge in [-0.3, -0.25) is 0 Å². The summed E-state index contributed by atoms with van der Waals surface area (Å²) in [4.78, 5) is 0. The van der Waals surface area contributed by atoms with Crippen LogP contribution in [0.1, 0.15) is 44.7 Å². The van der Waals surface area contributed by atoms with Crippen LogP contribution in [-0.4, -0.2) is 7.11 Å². The summed E-state index contributed by atoms with van der Waals surface area (Å²) >= 11 is 0. The van der Waals surface area contributed by atoms with Gasteiger partial charge in [0.15, 0.2) is 0 Å². The maximum Gasteiger partial charge on any atom is 0.126 e. The lowest BCUT2D eigenvalue weighted by Crippen LogP contribution is -1.97. The Hall–Kier alpha value is -1.05. The van der Waals surface area contributed by atoms with Crippen LogP contribution in [0.25, 0.3) is 0 Å². The third kappa shape index (κ3) is 3.54. The zero-order valence-electron chi connectivity index (χ0n) is 10.5. The Balaban J connectivity index is 0.000000921. The van der Waals surface area contributed by atoms with Crippen LogP contribution in [0.2, 0.25) is 0 Å². The molecule has 86 valence electrons. The fraction of sp³-hybridized carbons (Fsp3) is 0.538. The van der Waals surface area contributed by atoms with Crippen molar-refractivity contribution in [2.24, 2.45) is 0 Å². The molecule has 1 aromatic rings. The molecule has 1 aromatic carbocycles. The fourth-order valence-electron chi connectivity index (χ4n) is 1.30. The number of methoxy groups -OCH3 is 1. The SMILES string of the molecule is CC.COc1cc(C)c(F)cc1C(C)C. The number of hydrogen-bond donors (Lipinski definition) is 0. The van der Waals surface area contributed by atoms with Gasteiger partial charge in [-0.05, 0) is 36.1 Å². The molecular weight excluding hydrogens is 191 g/mol. The molecule has 0 bridgehead atoms. The van der Waals surface area contributed by atoms with Gasteiger partial charge < -0.3 is 4.74 Å². The summed E-state index contributed by atoms with van der Waals surface area (Å²) in [5.74, 6) is 0.892. The van der Waals surface area contributed by atoms with Crippen LogP contribution in [-0.2, 0) is 0 Å². The van der Waals surface area contributed by atoms with E-state index in [0.29, 0.717) is 5.56 Å². The van der Waals surface area contributed by atoms with E-state index in [1.54, 1.807) is 26.2 Å². The van der Waals surface area contributed by atoms with Gasteiger partial charge in [-0.1, -0.05) is 27.7 Å². The molecule has 0 aliphatic heterocycles. The summed E-state index contributed by atoms with van der Waals surface area (Å²) in [7, 11) is 1.61. The molecule has 2 heteroatoms. The second-order valence-corrected chi connectivity index (χ2v) is 3.50. The first-order chi connectivity index (χ1) is 7.06. The summed E-state index contributed by atoms with van der Waals surface area (Å²) < 4.78 is 18.4. The van der Waals surface area contributed by atoms with E-state index in [2.05, 4.69) is 0 Å². The molecule has 15 heavy (non-hydrogen) atoms. The van der Waals surface area contributed by atoms with Gasteiger partial charge >= 0.3 is 0 Å². The van der Waals surface area contributed by atoms with Crippen molar-refractivity contribution in [3.63, 3.8) is 0 Å². The first-order valence-corrected chi connectivity index (χ1v) is 5.40. The Bertz CT molecular complexity index is 306. The third-order valence-corrected chi connectivity index (χ3v) is 2.13. The molecule has 0 amide bonds. The van der Waals surface area contributed by atoms with E-state index in [-0.39, 0.29) is 11.7 Å². The smallest absolute Gasteiger partial charge is 0.126 e. The maximum absolute atomic E-state index is 13.2. The molecule has 0 unspecified atom stereocenters.